The molecule has 2 N–H and O–H groups in total. The van der Waals surface area contributed by atoms with E-state index in [9.17, 15) is 9.59 Å². The molecule has 0 spiro atoms. The molecule has 0 aromatic heterocycles. The Kier molecular flexibility index (Phi) is 6.63. The topological polar surface area (TPSA) is 67.4 Å². The van der Waals surface area contributed by atoms with Crippen LogP contribution in [0.25, 0.3) is 0 Å². The van der Waals surface area contributed by atoms with Gasteiger partial charge < -0.3 is 15.4 Å². The number of halogens is 1. The molecule has 0 atom stereocenters. The highest BCUT2D eigenvalue weighted by Gasteiger charge is 2.10. The first-order valence-corrected chi connectivity index (χ1v) is 7.90. The molecule has 2 aromatic carbocycles. The lowest BCUT2D eigenvalue weighted by Gasteiger charge is -2.09. The molecule has 0 saturated heterocycles. The Hall–Kier alpha value is -2.53. The van der Waals surface area contributed by atoms with Crippen LogP contribution < -0.4 is 15.4 Å². The number of anilines is 1. The fourth-order valence-corrected chi connectivity index (χ4v) is 2.42. The number of carbonyl (C=O) groups is 2. The van der Waals surface area contributed by atoms with E-state index in [1.54, 1.807) is 31.4 Å². The van der Waals surface area contributed by atoms with Gasteiger partial charge in [-0.2, -0.15) is 0 Å². The smallest absolute Gasteiger partial charge is 0.233 e. The molecule has 0 saturated carbocycles. The number of rotatable bonds is 7. The zero-order valence-corrected chi connectivity index (χ0v) is 14.1. The van der Waals surface area contributed by atoms with E-state index in [4.69, 9.17) is 16.3 Å². The summed E-state index contributed by atoms with van der Waals surface area (Å²) < 4.78 is 5.26. The number of carbonyl (C=O) groups excluding carboxylic acids is 2. The van der Waals surface area contributed by atoms with Crippen LogP contribution in [0.2, 0.25) is 5.02 Å². The Morgan fingerprint density at radius 3 is 2.62 bits per heavy atom. The molecule has 0 aliphatic rings. The van der Waals surface area contributed by atoms with Crippen molar-refractivity contribution in [2.75, 3.05) is 19.0 Å². The van der Waals surface area contributed by atoms with Crippen LogP contribution in [-0.4, -0.2) is 25.5 Å². The van der Waals surface area contributed by atoms with Gasteiger partial charge in [-0.3, -0.25) is 9.59 Å². The summed E-state index contributed by atoms with van der Waals surface area (Å²) in [6.45, 7) is 0.434. The molecule has 0 bridgehead atoms. The first-order valence-electron chi connectivity index (χ1n) is 7.52. The number of amides is 2. The van der Waals surface area contributed by atoms with Gasteiger partial charge in [0.05, 0.1) is 7.11 Å². The number of ether oxygens (including phenoxy) is 1. The van der Waals surface area contributed by atoms with Crippen molar-refractivity contribution in [2.24, 2.45) is 0 Å². The predicted molar refractivity (Wildman–Crippen MR) is 94.4 cm³/mol. The van der Waals surface area contributed by atoms with Gasteiger partial charge in [0.2, 0.25) is 11.8 Å². The van der Waals surface area contributed by atoms with E-state index in [-0.39, 0.29) is 18.2 Å². The Labute approximate surface area is 146 Å². The zero-order valence-electron chi connectivity index (χ0n) is 13.3. The van der Waals surface area contributed by atoms with Crippen LogP contribution >= 0.6 is 11.6 Å². The molecule has 2 amide bonds. The van der Waals surface area contributed by atoms with Crippen molar-refractivity contribution in [3.05, 3.63) is 59.1 Å². The predicted octanol–water partition coefficient (Wildman–Crippen LogP) is 3.04. The van der Waals surface area contributed by atoms with Gasteiger partial charge in [-0.25, -0.2) is 0 Å². The first-order chi connectivity index (χ1) is 11.6. The third-order valence-corrected chi connectivity index (χ3v) is 3.57. The van der Waals surface area contributed by atoms with Crippen LogP contribution in [0, 0.1) is 0 Å². The van der Waals surface area contributed by atoms with Gasteiger partial charge in [-0.05, 0) is 36.2 Å². The van der Waals surface area contributed by atoms with E-state index < -0.39 is 0 Å². The summed E-state index contributed by atoms with van der Waals surface area (Å²) >= 11 is 5.84. The van der Waals surface area contributed by atoms with E-state index >= 15 is 0 Å². The van der Waals surface area contributed by atoms with Gasteiger partial charge >= 0.3 is 0 Å². The van der Waals surface area contributed by atoms with Crippen molar-refractivity contribution >= 4 is 29.1 Å². The monoisotopic (exact) mass is 346 g/mol. The Bertz CT molecular complexity index is 719. The average molecular weight is 347 g/mol. The highest BCUT2D eigenvalue weighted by molar-refractivity contribution is 6.30. The minimum absolute atomic E-state index is 0.238. The molecular weight excluding hydrogens is 328 g/mol. The molecule has 24 heavy (non-hydrogen) atoms. The molecule has 0 heterocycles. The van der Waals surface area contributed by atoms with Gasteiger partial charge in [-0.1, -0.05) is 35.9 Å². The second-order valence-corrected chi connectivity index (χ2v) is 5.58. The lowest BCUT2D eigenvalue weighted by Crippen LogP contribution is -2.29. The quantitative estimate of drug-likeness (QED) is 0.757. The normalized spacial score (nSPS) is 10.1. The van der Waals surface area contributed by atoms with E-state index in [1.165, 1.54) is 0 Å². The maximum atomic E-state index is 11.8. The Balaban J connectivity index is 1.75. The van der Waals surface area contributed by atoms with Crippen molar-refractivity contribution in [2.45, 2.75) is 12.8 Å². The van der Waals surface area contributed by atoms with Gasteiger partial charge in [0.15, 0.2) is 0 Å². The zero-order chi connectivity index (χ0) is 17.4. The summed E-state index contributed by atoms with van der Waals surface area (Å²) in [6.07, 6.45) is 0.393. The highest BCUT2D eigenvalue weighted by atomic mass is 35.5. The van der Waals surface area contributed by atoms with Crippen LogP contribution in [0.3, 0.4) is 0 Å². The lowest BCUT2D eigenvalue weighted by molar-refractivity contribution is -0.126. The molecule has 126 valence electrons. The van der Waals surface area contributed by atoms with E-state index in [2.05, 4.69) is 10.6 Å². The van der Waals surface area contributed by atoms with Crippen molar-refractivity contribution in [1.82, 2.24) is 5.32 Å². The fourth-order valence-electron chi connectivity index (χ4n) is 2.23. The summed E-state index contributed by atoms with van der Waals surface area (Å²) in [6, 6.07) is 14.4. The minimum atomic E-state index is -0.382. The van der Waals surface area contributed by atoms with Crippen LogP contribution in [-0.2, 0) is 16.0 Å². The summed E-state index contributed by atoms with van der Waals surface area (Å²) in [4.78, 5) is 23.7. The van der Waals surface area contributed by atoms with Gasteiger partial charge in [0, 0.05) is 17.3 Å². The standard InChI is InChI=1S/C18H19ClN2O3/c1-24-16-8-3-2-5-13(16)9-10-20-17(22)12-18(23)21-15-7-4-6-14(19)11-15/h2-8,11H,9-10,12H2,1H3,(H,20,22)(H,21,23). The Morgan fingerprint density at radius 1 is 1.08 bits per heavy atom. The summed E-state index contributed by atoms with van der Waals surface area (Å²) in [5.74, 6) is 0.0712. The number of nitrogens with one attached hydrogen (secondary N) is 2. The molecule has 0 aliphatic carbocycles. The van der Waals surface area contributed by atoms with Crippen molar-refractivity contribution in [3.8, 4) is 5.75 Å². The second-order valence-electron chi connectivity index (χ2n) is 5.15. The van der Waals surface area contributed by atoms with Crippen LogP contribution in [0.1, 0.15) is 12.0 Å². The number of hydrogen-bond donors (Lipinski definition) is 2. The second kappa shape index (κ2) is 8.93. The number of para-hydroxylation sites is 1. The molecule has 2 aromatic rings. The fraction of sp³-hybridized carbons (Fsp3) is 0.222. The minimum Gasteiger partial charge on any atom is -0.496 e. The van der Waals surface area contributed by atoms with Crippen molar-refractivity contribution < 1.29 is 14.3 Å². The summed E-state index contributed by atoms with van der Waals surface area (Å²) in [5.41, 5.74) is 1.57. The van der Waals surface area contributed by atoms with Gasteiger partial charge in [0.25, 0.3) is 0 Å². The lowest BCUT2D eigenvalue weighted by atomic mass is 10.1. The maximum Gasteiger partial charge on any atom is 0.233 e. The molecular formula is C18H19ClN2O3. The van der Waals surface area contributed by atoms with E-state index in [1.807, 2.05) is 24.3 Å². The molecule has 2 rings (SSSR count). The summed E-state index contributed by atoms with van der Waals surface area (Å²) in [7, 11) is 1.61. The van der Waals surface area contributed by atoms with Gasteiger partial charge in [0.1, 0.15) is 12.2 Å². The number of hydrogen-bond acceptors (Lipinski definition) is 3. The molecule has 5 nitrogen and oxygen atoms in total. The van der Waals surface area contributed by atoms with Gasteiger partial charge in [-0.15, -0.1) is 0 Å². The number of benzene rings is 2. The Morgan fingerprint density at radius 2 is 1.88 bits per heavy atom. The first kappa shape index (κ1) is 17.8. The SMILES string of the molecule is COc1ccccc1CCNC(=O)CC(=O)Nc1cccc(Cl)c1. The molecule has 6 heteroatoms. The molecule has 0 aliphatic heterocycles. The van der Waals surface area contributed by atoms with Crippen LogP contribution in [0.4, 0.5) is 5.69 Å². The number of methoxy groups -OCH3 is 1. The van der Waals surface area contributed by atoms with Crippen LogP contribution in [0.15, 0.2) is 48.5 Å². The molecule has 0 radical (unpaired) electrons. The third kappa shape index (κ3) is 5.59. The van der Waals surface area contributed by atoms with E-state index in [0.717, 1.165) is 11.3 Å². The molecule has 0 unspecified atom stereocenters. The maximum absolute atomic E-state index is 11.8. The van der Waals surface area contributed by atoms with Crippen LogP contribution in [0.5, 0.6) is 5.75 Å². The summed E-state index contributed by atoms with van der Waals surface area (Å²) in [5, 5.41) is 5.89. The van der Waals surface area contributed by atoms with Crippen molar-refractivity contribution in [3.63, 3.8) is 0 Å². The third-order valence-electron chi connectivity index (χ3n) is 3.34. The van der Waals surface area contributed by atoms with E-state index in [0.29, 0.717) is 23.7 Å². The highest BCUT2D eigenvalue weighted by Crippen LogP contribution is 2.17. The molecule has 0 fully saturated rings. The largest absolute Gasteiger partial charge is 0.496 e. The average Bonchev–Trinajstić information content (AvgIpc) is 2.55. The van der Waals surface area contributed by atoms with Crippen molar-refractivity contribution in [1.29, 1.82) is 0 Å².